The Labute approximate surface area is 99.9 Å². The van der Waals surface area contributed by atoms with Crippen LogP contribution in [-0.2, 0) is 16.4 Å². The number of rotatable bonds is 4. The molecule has 5 nitrogen and oxygen atoms in total. The van der Waals surface area contributed by atoms with Gasteiger partial charge in [-0.25, -0.2) is 8.42 Å². The number of hydrogen-bond acceptors (Lipinski definition) is 3. The molecule has 0 atom stereocenters. The number of anilines is 1. The molecule has 17 heavy (non-hydrogen) atoms. The second-order valence-electron chi connectivity index (χ2n) is 3.54. The third-order valence-corrected chi connectivity index (χ3v) is 3.75. The third kappa shape index (κ3) is 2.47. The summed E-state index contributed by atoms with van der Waals surface area (Å²) in [6, 6.07) is 8.23. The third-order valence-electron chi connectivity index (χ3n) is 2.39. The van der Waals surface area contributed by atoms with Crippen LogP contribution in [0.3, 0.4) is 0 Å². The number of benzene rings is 1. The van der Waals surface area contributed by atoms with Gasteiger partial charge in [-0.3, -0.25) is 9.82 Å². The predicted octanol–water partition coefficient (Wildman–Crippen LogP) is 1.77. The van der Waals surface area contributed by atoms with Crippen molar-refractivity contribution in [3.8, 4) is 0 Å². The molecule has 0 radical (unpaired) electrons. The van der Waals surface area contributed by atoms with Crippen LogP contribution in [-0.4, -0.2) is 18.6 Å². The van der Waals surface area contributed by atoms with E-state index in [1.165, 1.54) is 0 Å². The van der Waals surface area contributed by atoms with Crippen LogP contribution in [0.2, 0.25) is 0 Å². The van der Waals surface area contributed by atoms with Crippen molar-refractivity contribution in [1.82, 2.24) is 10.2 Å². The summed E-state index contributed by atoms with van der Waals surface area (Å²) in [7, 11) is -3.54. The molecule has 2 rings (SSSR count). The Kier molecular flexibility index (Phi) is 3.14. The first-order valence-electron chi connectivity index (χ1n) is 5.23. The van der Waals surface area contributed by atoms with Gasteiger partial charge in [0, 0.05) is 5.56 Å². The van der Waals surface area contributed by atoms with E-state index in [1.807, 2.05) is 6.92 Å². The van der Waals surface area contributed by atoms with Crippen molar-refractivity contribution in [3.63, 3.8) is 0 Å². The molecule has 1 heterocycles. The first kappa shape index (κ1) is 11.7. The van der Waals surface area contributed by atoms with Crippen molar-refractivity contribution < 1.29 is 8.42 Å². The molecular formula is C11H13N3O2S. The monoisotopic (exact) mass is 251 g/mol. The molecular weight excluding hydrogens is 238 g/mol. The molecule has 6 heteroatoms. The van der Waals surface area contributed by atoms with Crippen LogP contribution in [0.1, 0.15) is 12.5 Å². The van der Waals surface area contributed by atoms with Crippen LogP contribution in [0.4, 0.5) is 5.82 Å². The minimum atomic E-state index is -3.54. The van der Waals surface area contributed by atoms with Crippen molar-refractivity contribution in [3.05, 3.63) is 42.1 Å². The first-order valence-corrected chi connectivity index (χ1v) is 6.72. The van der Waals surface area contributed by atoms with E-state index in [2.05, 4.69) is 14.9 Å². The predicted molar refractivity (Wildman–Crippen MR) is 65.2 cm³/mol. The molecule has 0 aliphatic carbocycles. The van der Waals surface area contributed by atoms with E-state index in [4.69, 9.17) is 0 Å². The van der Waals surface area contributed by atoms with Gasteiger partial charge in [0.1, 0.15) is 5.82 Å². The molecule has 90 valence electrons. The number of nitrogens with one attached hydrogen (secondary N) is 2. The second-order valence-corrected chi connectivity index (χ2v) is 5.22. The second kappa shape index (κ2) is 4.58. The average molecular weight is 251 g/mol. The molecule has 0 aliphatic heterocycles. The Morgan fingerprint density at radius 3 is 2.65 bits per heavy atom. The highest BCUT2D eigenvalue weighted by Gasteiger charge is 2.15. The Morgan fingerprint density at radius 1 is 1.29 bits per heavy atom. The highest BCUT2D eigenvalue weighted by Crippen LogP contribution is 2.17. The van der Waals surface area contributed by atoms with Gasteiger partial charge in [0.25, 0.3) is 10.0 Å². The molecule has 0 saturated carbocycles. The van der Waals surface area contributed by atoms with Gasteiger partial charge < -0.3 is 0 Å². The van der Waals surface area contributed by atoms with Crippen molar-refractivity contribution in [2.24, 2.45) is 0 Å². The number of hydrogen-bond donors (Lipinski definition) is 2. The van der Waals surface area contributed by atoms with Crippen LogP contribution < -0.4 is 4.72 Å². The zero-order chi connectivity index (χ0) is 12.3. The van der Waals surface area contributed by atoms with E-state index in [1.54, 1.807) is 36.5 Å². The fraction of sp³-hybridized carbons (Fsp3) is 0.182. The highest BCUT2D eigenvalue weighted by atomic mass is 32.2. The highest BCUT2D eigenvalue weighted by molar-refractivity contribution is 7.92. The molecule has 0 fully saturated rings. The summed E-state index contributed by atoms with van der Waals surface area (Å²) in [5, 5.41) is 6.46. The lowest BCUT2D eigenvalue weighted by molar-refractivity contribution is 0.601. The maximum absolute atomic E-state index is 12.0. The quantitative estimate of drug-likeness (QED) is 0.869. The van der Waals surface area contributed by atoms with E-state index in [0.717, 1.165) is 5.56 Å². The lowest BCUT2D eigenvalue weighted by Gasteiger charge is -2.07. The zero-order valence-corrected chi connectivity index (χ0v) is 10.2. The van der Waals surface area contributed by atoms with Gasteiger partial charge in [-0.15, -0.1) is 0 Å². The van der Waals surface area contributed by atoms with Gasteiger partial charge in [-0.2, -0.15) is 5.10 Å². The van der Waals surface area contributed by atoms with Gasteiger partial charge in [0.2, 0.25) is 0 Å². The fourth-order valence-electron chi connectivity index (χ4n) is 1.46. The normalized spacial score (nSPS) is 11.4. The molecule has 1 aromatic carbocycles. The molecule has 1 aromatic heterocycles. The average Bonchev–Trinajstić information content (AvgIpc) is 2.77. The Bertz CT molecular complexity index is 590. The van der Waals surface area contributed by atoms with Crippen LogP contribution in [0, 0.1) is 0 Å². The first-order chi connectivity index (χ1) is 8.13. The number of H-pyrrole nitrogens is 1. The van der Waals surface area contributed by atoms with Crippen molar-refractivity contribution in [1.29, 1.82) is 0 Å². The van der Waals surface area contributed by atoms with E-state index < -0.39 is 10.0 Å². The van der Waals surface area contributed by atoms with Crippen LogP contribution >= 0.6 is 0 Å². The van der Waals surface area contributed by atoms with Crippen molar-refractivity contribution in [2.75, 3.05) is 4.72 Å². The largest absolute Gasteiger partial charge is 0.264 e. The Hall–Kier alpha value is -1.82. The summed E-state index contributed by atoms with van der Waals surface area (Å²) in [5.41, 5.74) is 0.838. The summed E-state index contributed by atoms with van der Waals surface area (Å²) in [6.45, 7) is 1.94. The fourth-order valence-corrected chi connectivity index (χ4v) is 2.54. The van der Waals surface area contributed by atoms with E-state index >= 15 is 0 Å². The molecule has 0 bridgehead atoms. The molecule has 2 N–H and O–H groups in total. The van der Waals surface area contributed by atoms with Crippen molar-refractivity contribution in [2.45, 2.75) is 18.2 Å². The lowest BCUT2D eigenvalue weighted by Crippen LogP contribution is -2.14. The molecule has 0 saturated heterocycles. The summed E-state index contributed by atoms with van der Waals surface area (Å²) < 4.78 is 26.5. The van der Waals surface area contributed by atoms with E-state index in [0.29, 0.717) is 12.2 Å². The van der Waals surface area contributed by atoms with E-state index in [9.17, 15) is 8.42 Å². The maximum Gasteiger partial charge on any atom is 0.263 e. The van der Waals surface area contributed by atoms with Crippen LogP contribution in [0.15, 0.2) is 41.4 Å². The lowest BCUT2D eigenvalue weighted by atomic mass is 10.3. The van der Waals surface area contributed by atoms with Crippen LogP contribution in [0.5, 0.6) is 0 Å². The smallest absolute Gasteiger partial charge is 0.263 e. The van der Waals surface area contributed by atoms with Gasteiger partial charge in [-0.05, 0) is 18.6 Å². The SMILES string of the molecule is CCc1cn[nH]c1NS(=O)(=O)c1ccccc1. The van der Waals surface area contributed by atoms with E-state index in [-0.39, 0.29) is 4.90 Å². The molecule has 0 unspecified atom stereocenters. The van der Waals surface area contributed by atoms with Gasteiger partial charge >= 0.3 is 0 Å². The minimum Gasteiger partial charge on any atom is -0.264 e. The van der Waals surface area contributed by atoms with Gasteiger partial charge in [-0.1, -0.05) is 25.1 Å². The summed E-state index contributed by atoms with van der Waals surface area (Å²) in [5.74, 6) is 0.427. The Morgan fingerprint density at radius 2 is 2.00 bits per heavy atom. The number of aryl methyl sites for hydroxylation is 1. The maximum atomic E-state index is 12.0. The summed E-state index contributed by atoms with van der Waals surface area (Å²) in [4.78, 5) is 0.233. The standard InChI is InChI=1S/C11H13N3O2S/c1-2-9-8-12-13-11(9)14-17(15,16)10-6-4-3-5-7-10/h3-8H,2H2,1H3,(H2,12,13,14). The van der Waals surface area contributed by atoms with Gasteiger partial charge in [0.15, 0.2) is 0 Å². The zero-order valence-electron chi connectivity index (χ0n) is 9.34. The number of aromatic nitrogens is 2. The summed E-state index contributed by atoms with van der Waals surface area (Å²) in [6.07, 6.45) is 2.33. The number of nitrogens with zero attached hydrogens (tertiary/aromatic N) is 1. The topological polar surface area (TPSA) is 74.8 Å². The van der Waals surface area contributed by atoms with Gasteiger partial charge in [0.05, 0.1) is 11.1 Å². The number of aromatic amines is 1. The van der Waals surface area contributed by atoms with Crippen molar-refractivity contribution >= 4 is 15.8 Å². The molecule has 0 amide bonds. The molecule has 0 spiro atoms. The summed E-state index contributed by atoms with van der Waals surface area (Å²) >= 11 is 0. The molecule has 0 aliphatic rings. The Balaban J connectivity index is 2.30. The minimum absolute atomic E-state index is 0.233. The number of sulfonamides is 1. The van der Waals surface area contributed by atoms with Crippen LogP contribution in [0.25, 0.3) is 0 Å². The molecule has 2 aromatic rings.